The van der Waals surface area contributed by atoms with Crippen molar-refractivity contribution < 1.29 is 19.4 Å². The zero-order chi connectivity index (χ0) is 13.1. The van der Waals surface area contributed by atoms with Crippen LogP contribution in [0, 0.1) is 0 Å². The number of carboxylic acids is 1. The van der Waals surface area contributed by atoms with E-state index in [1.807, 2.05) is 5.38 Å². The third kappa shape index (κ3) is 2.41. The fourth-order valence-corrected chi connectivity index (χ4v) is 2.29. The Kier molecular flexibility index (Phi) is 3.43. The molecule has 2 aromatic rings. The molecule has 5 heteroatoms. The molecule has 0 unspecified atom stereocenters. The second-order valence-electron chi connectivity index (χ2n) is 3.61. The number of carbonyl (C=O) groups is 2. The average molecular weight is 262 g/mol. The van der Waals surface area contributed by atoms with Crippen molar-refractivity contribution in [1.82, 2.24) is 0 Å². The summed E-state index contributed by atoms with van der Waals surface area (Å²) in [5, 5.41) is 10.8. The van der Waals surface area contributed by atoms with Crippen LogP contribution in [0.3, 0.4) is 0 Å². The number of thiophene rings is 1. The summed E-state index contributed by atoms with van der Waals surface area (Å²) < 4.78 is 5.07. The minimum absolute atomic E-state index is 0.156. The van der Waals surface area contributed by atoms with Gasteiger partial charge in [0.2, 0.25) is 0 Å². The van der Waals surface area contributed by atoms with Crippen molar-refractivity contribution in [2.45, 2.75) is 0 Å². The van der Waals surface area contributed by atoms with Crippen LogP contribution in [-0.2, 0) is 0 Å². The van der Waals surface area contributed by atoms with E-state index in [1.54, 1.807) is 18.2 Å². The predicted molar refractivity (Wildman–Crippen MR) is 68.7 cm³/mol. The molecule has 0 saturated heterocycles. The van der Waals surface area contributed by atoms with Crippen LogP contribution in [-0.4, -0.2) is 24.5 Å². The first-order valence-corrected chi connectivity index (χ1v) is 5.98. The molecule has 18 heavy (non-hydrogen) atoms. The summed E-state index contributed by atoms with van der Waals surface area (Å²) in [6.45, 7) is 0. The summed E-state index contributed by atoms with van der Waals surface area (Å²) in [6, 6.07) is 6.47. The van der Waals surface area contributed by atoms with E-state index in [-0.39, 0.29) is 5.56 Å². The van der Waals surface area contributed by atoms with Gasteiger partial charge in [-0.2, -0.15) is 0 Å². The van der Waals surface area contributed by atoms with Gasteiger partial charge in [-0.15, -0.1) is 11.3 Å². The molecule has 1 aromatic carbocycles. The van der Waals surface area contributed by atoms with Gasteiger partial charge in [0, 0.05) is 0 Å². The number of aldehydes is 1. The van der Waals surface area contributed by atoms with Gasteiger partial charge in [0.25, 0.3) is 0 Å². The molecular weight excluding hydrogens is 252 g/mol. The van der Waals surface area contributed by atoms with Crippen molar-refractivity contribution in [3.05, 3.63) is 40.1 Å². The summed E-state index contributed by atoms with van der Waals surface area (Å²) in [6.07, 6.45) is 0.770. The lowest BCUT2D eigenvalue weighted by atomic mass is 10.0. The Morgan fingerprint density at radius 2 is 2.06 bits per heavy atom. The molecule has 4 nitrogen and oxygen atoms in total. The first-order valence-electron chi connectivity index (χ1n) is 5.10. The van der Waals surface area contributed by atoms with Crippen LogP contribution >= 0.6 is 11.3 Å². The molecule has 0 spiro atoms. The molecule has 0 aliphatic rings. The molecular formula is C13H10O4S. The van der Waals surface area contributed by atoms with Crippen LogP contribution in [0.5, 0.6) is 5.75 Å². The van der Waals surface area contributed by atoms with Crippen LogP contribution in [0.15, 0.2) is 29.6 Å². The molecule has 0 radical (unpaired) electrons. The van der Waals surface area contributed by atoms with Gasteiger partial charge in [0.15, 0.2) is 6.29 Å². The van der Waals surface area contributed by atoms with Crippen LogP contribution < -0.4 is 4.74 Å². The van der Waals surface area contributed by atoms with Gasteiger partial charge in [-0.1, -0.05) is 0 Å². The molecule has 1 aromatic heterocycles. The molecule has 1 N–H and O–H groups in total. The van der Waals surface area contributed by atoms with E-state index in [1.165, 1.54) is 24.5 Å². The summed E-state index contributed by atoms with van der Waals surface area (Å²) in [4.78, 5) is 22.2. The minimum atomic E-state index is -1.01. The zero-order valence-electron chi connectivity index (χ0n) is 9.54. The molecule has 0 bridgehead atoms. The largest absolute Gasteiger partial charge is 0.497 e. The Hall–Kier alpha value is -2.14. The SMILES string of the molecule is COc1cc(C(=O)O)cc(-c2csc(C=O)c2)c1. The Morgan fingerprint density at radius 1 is 1.28 bits per heavy atom. The number of hydrogen-bond donors (Lipinski definition) is 1. The minimum Gasteiger partial charge on any atom is -0.497 e. The second kappa shape index (κ2) is 5.01. The molecule has 0 saturated carbocycles. The highest BCUT2D eigenvalue weighted by Crippen LogP contribution is 2.29. The van der Waals surface area contributed by atoms with Crippen molar-refractivity contribution in [2.24, 2.45) is 0 Å². The number of carbonyl (C=O) groups excluding carboxylic acids is 1. The van der Waals surface area contributed by atoms with Crippen LogP contribution in [0.1, 0.15) is 20.0 Å². The Balaban J connectivity index is 2.52. The van der Waals surface area contributed by atoms with Crippen molar-refractivity contribution in [1.29, 1.82) is 0 Å². The molecule has 0 aliphatic carbocycles. The van der Waals surface area contributed by atoms with Crippen molar-refractivity contribution >= 4 is 23.6 Å². The number of hydrogen-bond acceptors (Lipinski definition) is 4. The predicted octanol–water partition coefficient (Wildman–Crippen LogP) is 2.93. The van der Waals surface area contributed by atoms with E-state index in [0.29, 0.717) is 10.6 Å². The number of methoxy groups -OCH3 is 1. The lowest BCUT2D eigenvalue weighted by Gasteiger charge is -2.05. The highest BCUT2D eigenvalue weighted by molar-refractivity contribution is 7.12. The fourth-order valence-electron chi connectivity index (χ4n) is 1.57. The van der Waals surface area contributed by atoms with Gasteiger partial charge in [0.1, 0.15) is 5.75 Å². The maximum absolute atomic E-state index is 11.0. The smallest absolute Gasteiger partial charge is 0.335 e. The number of ether oxygens (including phenoxy) is 1. The zero-order valence-corrected chi connectivity index (χ0v) is 10.4. The third-order valence-corrected chi connectivity index (χ3v) is 3.32. The van der Waals surface area contributed by atoms with Crippen LogP contribution in [0.4, 0.5) is 0 Å². The Bertz CT molecular complexity index is 601. The molecule has 0 atom stereocenters. The topological polar surface area (TPSA) is 63.6 Å². The van der Waals surface area contributed by atoms with Gasteiger partial charge in [0.05, 0.1) is 17.6 Å². The van der Waals surface area contributed by atoms with Gasteiger partial charge in [-0.25, -0.2) is 4.79 Å². The number of benzene rings is 1. The quantitative estimate of drug-likeness (QED) is 0.860. The van der Waals surface area contributed by atoms with E-state index < -0.39 is 5.97 Å². The Morgan fingerprint density at radius 3 is 2.61 bits per heavy atom. The normalized spacial score (nSPS) is 10.1. The van der Waals surface area contributed by atoms with E-state index in [2.05, 4.69) is 0 Å². The molecule has 1 heterocycles. The Labute approximate surface area is 107 Å². The van der Waals surface area contributed by atoms with Gasteiger partial charge < -0.3 is 9.84 Å². The van der Waals surface area contributed by atoms with Gasteiger partial charge >= 0.3 is 5.97 Å². The highest BCUT2D eigenvalue weighted by atomic mass is 32.1. The maximum Gasteiger partial charge on any atom is 0.335 e. The molecule has 92 valence electrons. The highest BCUT2D eigenvalue weighted by Gasteiger charge is 2.10. The van der Waals surface area contributed by atoms with Gasteiger partial charge in [-0.05, 0) is 40.8 Å². The lowest BCUT2D eigenvalue weighted by molar-refractivity contribution is 0.0696. The third-order valence-electron chi connectivity index (χ3n) is 2.46. The van der Waals surface area contributed by atoms with E-state index in [9.17, 15) is 9.59 Å². The summed E-state index contributed by atoms with van der Waals surface area (Å²) in [7, 11) is 1.48. The summed E-state index contributed by atoms with van der Waals surface area (Å²) >= 11 is 1.32. The van der Waals surface area contributed by atoms with Crippen molar-refractivity contribution in [3.63, 3.8) is 0 Å². The van der Waals surface area contributed by atoms with E-state index >= 15 is 0 Å². The standard InChI is InChI=1S/C13H10O4S/c1-17-11-3-8(2-9(4-11)13(15)16)10-5-12(6-14)18-7-10/h2-7H,1H3,(H,15,16). The lowest BCUT2D eigenvalue weighted by Crippen LogP contribution is -1.97. The monoisotopic (exact) mass is 262 g/mol. The molecule has 0 amide bonds. The first-order chi connectivity index (χ1) is 8.63. The van der Waals surface area contributed by atoms with Crippen molar-refractivity contribution in [2.75, 3.05) is 7.11 Å². The maximum atomic E-state index is 11.0. The fraction of sp³-hybridized carbons (Fsp3) is 0.0769. The van der Waals surface area contributed by atoms with Gasteiger partial charge in [-0.3, -0.25) is 4.79 Å². The van der Waals surface area contributed by atoms with E-state index in [0.717, 1.165) is 17.4 Å². The second-order valence-corrected chi connectivity index (χ2v) is 4.55. The molecule has 0 fully saturated rings. The van der Waals surface area contributed by atoms with Crippen molar-refractivity contribution in [3.8, 4) is 16.9 Å². The average Bonchev–Trinajstić information content (AvgIpc) is 2.86. The van der Waals surface area contributed by atoms with E-state index in [4.69, 9.17) is 9.84 Å². The van der Waals surface area contributed by atoms with Crippen LogP contribution in [0.25, 0.3) is 11.1 Å². The number of rotatable bonds is 4. The first kappa shape index (κ1) is 12.3. The summed E-state index contributed by atoms with van der Waals surface area (Å²) in [5.41, 5.74) is 1.68. The number of carboxylic acid groups (broad SMARTS) is 1. The summed E-state index contributed by atoms with van der Waals surface area (Å²) in [5.74, 6) is -0.537. The molecule has 2 rings (SSSR count). The number of aromatic carboxylic acids is 1. The van der Waals surface area contributed by atoms with Crippen LogP contribution in [0.2, 0.25) is 0 Å². The molecule has 0 aliphatic heterocycles.